The molecular formula is C9H16O3. The average molecular weight is 172 g/mol. The molecule has 2 aliphatic rings. The minimum atomic E-state index is 0.262. The van der Waals surface area contributed by atoms with E-state index >= 15 is 0 Å². The summed E-state index contributed by atoms with van der Waals surface area (Å²) >= 11 is 0. The highest BCUT2D eigenvalue weighted by Gasteiger charge is 2.64. The summed E-state index contributed by atoms with van der Waals surface area (Å²) in [7, 11) is 1.73. The van der Waals surface area contributed by atoms with E-state index in [9.17, 15) is 0 Å². The third-order valence-corrected chi connectivity index (χ3v) is 3.44. The fourth-order valence-electron chi connectivity index (χ4n) is 2.62. The second-order valence-electron chi connectivity index (χ2n) is 3.79. The van der Waals surface area contributed by atoms with Crippen molar-refractivity contribution in [2.45, 2.75) is 18.9 Å². The smallest absolute Gasteiger partial charge is 0.0690 e. The van der Waals surface area contributed by atoms with Crippen molar-refractivity contribution in [2.24, 2.45) is 11.3 Å². The summed E-state index contributed by atoms with van der Waals surface area (Å²) in [5.74, 6) is 0.367. The minimum Gasteiger partial charge on any atom is -0.396 e. The van der Waals surface area contributed by atoms with Crippen LogP contribution in [0, 0.1) is 11.3 Å². The molecule has 1 heterocycles. The Morgan fingerprint density at radius 3 is 2.58 bits per heavy atom. The second-order valence-corrected chi connectivity index (χ2v) is 3.79. The Morgan fingerprint density at radius 2 is 2.17 bits per heavy atom. The molecule has 1 N–H and O–H groups in total. The van der Waals surface area contributed by atoms with Gasteiger partial charge < -0.3 is 14.6 Å². The maximum atomic E-state index is 9.10. The van der Waals surface area contributed by atoms with Crippen LogP contribution in [0.3, 0.4) is 0 Å². The molecule has 2 atom stereocenters. The van der Waals surface area contributed by atoms with Crippen LogP contribution in [-0.4, -0.2) is 38.1 Å². The molecular weight excluding hydrogens is 156 g/mol. The molecule has 3 heteroatoms. The predicted molar refractivity (Wildman–Crippen MR) is 43.9 cm³/mol. The van der Waals surface area contributed by atoms with Crippen molar-refractivity contribution >= 4 is 0 Å². The van der Waals surface area contributed by atoms with Crippen LogP contribution in [0.5, 0.6) is 0 Å². The second kappa shape index (κ2) is 2.98. The monoisotopic (exact) mass is 172 g/mol. The van der Waals surface area contributed by atoms with Gasteiger partial charge in [0.1, 0.15) is 0 Å². The van der Waals surface area contributed by atoms with Crippen LogP contribution in [0.4, 0.5) is 0 Å². The number of ether oxygens (including phenoxy) is 2. The maximum absolute atomic E-state index is 9.10. The molecule has 1 spiro atoms. The lowest BCUT2D eigenvalue weighted by atomic mass is 9.94. The van der Waals surface area contributed by atoms with E-state index < -0.39 is 0 Å². The lowest BCUT2D eigenvalue weighted by Gasteiger charge is -2.22. The molecule has 12 heavy (non-hydrogen) atoms. The van der Waals surface area contributed by atoms with Gasteiger partial charge in [-0.3, -0.25) is 0 Å². The van der Waals surface area contributed by atoms with Crippen LogP contribution in [0.1, 0.15) is 12.8 Å². The number of hydrogen-bond donors (Lipinski definition) is 1. The average Bonchev–Trinajstić information content (AvgIpc) is 2.73. The van der Waals surface area contributed by atoms with E-state index in [1.807, 2.05) is 0 Å². The molecule has 0 bridgehead atoms. The zero-order valence-electron chi connectivity index (χ0n) is 7.45. The van der Waals surface area contributed by atoms with E-state index in [1.165, 1.54) is 0 Å². The van der Waals surface area contributed by atoms with Crippen molar-refractivity contribution in [2.75, 3.05) is 26.9 Å². The van der Waals surface area contributed by atoms with Crippen molar-refractivity contribution in [3.05, 3.63) is 0 Å². The lowest BCUT2D eigenvalue weighted by molar-refractivity contribution is 0.0282. The molecule has 0 unspecified atom stereocenters. The summed E-state index contributed by atoms with van der Waals surface area (Å²) in [6.07, 6.45) is 2.39. The Balaban J connectivity index is 2.01. The summed E-state index contributed by atoms with van der Waals surface area (Å²) in [5.41, 5.74) is 0.266. The fourth-order valence-corrected chi connectivity index (χ4v) is 2.62. The van der Waals surface area contributed by atoms with Crippen LogP contribution >= 0.6 is 0 Å². The molecule has 0 amide bonds. The van der Waals surface area contributed by atoms with Gasteiger partial charge in [-0.2, -0.15) is 0 Å². The van der Waals surface area contributed by atoms with Crippen LogP contribution in [0.25, 0.3) is 0 Å². The fraction of sp³-hybridized carbons (Fsp3) is 1.00. The highest BCUT2D eigenvalue weighted by molar-refractivity contribution is 5.12. The Bertz CT molecular complexity index is 151. The third-order valence-electron chi connectivity index (χ3n) is 3.44. The van der Waals surface area contributed by atoms with Crippen molar-refractivity contribution in [3.63, 3.8) is 0 Å². The molecule has 70 valence electrons. The number of aliphatic hydroxyl groups is 1. The van der Waals surface area contributed by atoms with Gasteiger partial charge in [0.05, 0.1) is 6.10 Å². The number of rotatable bonds is 2. The first-order valence-corrected chi connectivity index (χ1v) is 4.56. The quantitative estimate of drug-likeness (QED) is 0.656. The van der Waals surface area contributed by atoms with Gasteiger partial charge in [0.2, 0.25) is 0 Å². The van der Waals surface area contributed by atoms with Gasteiger partial charge in [-0.25, -0.2) is 0 Å². The Labute approximate surface area is 72.7 Å². The van der Waals surface area contributed by atoms with E-state index in [2.05, 4.69) is 0 Å². The van der Waals surface area contributed by atoms with Gasteiger partial charge in [0.15, 0.2) is 0 Å². The van der Waals surface area contributed by atoms with E-state index in [4.69, 9.17) is 14.6 Å². The molecule has 0 aromatic heterocycles. The Hall–Kier alpha value is -0.120. The third kappa shape index (κ3) is 1.00. The molecule has 1 aliphatic carbocycles. The highest BCUT2D eigenvalue weighted by atomic mass is 16.5. The summed E-state index contributed by atoms with van der Waals surface area (Å²) in [5, 5.41) is 9.10. The van der Waals surface area contributed by atoms with Crippen LogP contribution in [0.2, 0.25) is 0 Å². The molecule has 1 aliphatic heterocycles. The van der Waals surface area contributed by atoms with Crippen LogP contribution < -0.4 is 0 Å². The molecule has 0 aromatic carbocycles. The first kappa shape index (κ1) is 8.48. The zero-order valence-corrected chi connectivity index (χ0v) is 7.45. The van der Waals surface area contributed by atoms with Gasteiger partial charge >= 0.3 is 0 Å². The predicted octanol–water partition coefficient (Wildman–Crippen LogP) is 0.420. The van der Waals surface area contributed by atoms with Gasteiger partial charge in [-0.05, 0) is 12.8 Å². The topological polar surface area (TPSA) is 38.7 Å². The molecule has 1 saturated carbocycles. The SMILES string of the molecule is CO[C@H]1[C@@H](CO)C12CCOCC2. The first-order chi connectivity index (χ1) is 5.85. The summed E-state index contributed by atoms with van der Waals surface area (Å²) in [6.45, 7) is 1.92. The van der Waals surface area contributed by atoms with Gasteiger partial charge in [0, 0.05) is 38.3 Å². The van der Waals surface area contributed by atoms with Gasteiger partial charge in [0.25, 0.3) is 0 Å². The summed E-state index contributed by atoms with van der Waals surface area (Å²) in [6, 6.07) is 0. The van der Waals surface area contributed by atoms with E-state index in [0.29, 0.717) is 5.92 Å². The molecule has 0 aromatic rings. The zero-order chi connectivity index (χ0) is 8.60. The van der Waals surface area contributed by atoms with Crippen molar-refractivity contribution in [1.29, 1.82) is 0 Å². The maximum Gasteiger partial charge on any atom is 0.0690 e. The van der Waals surface area contributed by atoms with E-state index in [0.717, 1.165) is 26.1 Å². The molecule has 2 rings (SSSR count). The normalized spacial score (nSPS) is 38.5. The number of aliphatic hydroxyl groups excluding tert-OH is 1. The van der Waals surface area contributed by atoms with Crippen molar-refractivity contribution in [3.8, 4) is 0 Å². The molecule has 0 radical (unpaired) electrons. The Morgan fingerprint density at radius 1 is 1.50 bits per heavy atom. The minimum absolute atomic E-state index is 0.262. The van der Waals surface area contributed by atoms with Crippen LogP contribution in [-0.2, 0) is 9.47 Å². The Kier molecular flexibility index (Phi) is 2.10. The molecule has 1 saturated heterocycles. The summed E-state index contributed by atoms with van der Waals surface area (Å²) in [4.78, 5) is 0. The van der Waals surface area contributed by atoms with Gasteiger partial charge in [-0.15, -0.1) is 0 Å². The first-order valence-electron chi connectivity index (χ1n) is 4.56. The van der Waals surface area contributed by atoms with Crippen molar-refractivity contribution in [1.82, 2.24) is 0 Å². The summed E-state index contributed by atoms with van der Waals surface area (Å²) < 4.78 is 10.6. The van der Waals surface area contributed by atoms with Crippen LogP contribution in [0.15, 0.2) is 0 Å². The van der Waals surface area contributed by atoms with E-state index in [-0.39, 0.29) is 18.1 Å². The largest absolute Gasteiger partial charge is 0.396 e. The standard InChI is InChI=1S/C9H16O3/c1-11-8-7(6-10)9(8)2-4-12-5-3-9/h7-8,10H,2-6H2,1H3/t7-,8+/m1/s1. The number of hydrogen-bond acceptors (Lipinski definition) is 3. The lowest BCUT2D eigenvalue weighted by Crippen LogP contribution is -2.21. The van der Waals surface area contributed by atoms with Gasteiger partial charge in [-0.1, -0.05) is 0 Å². The molecule has 2 fully saturated rings. The van der Waals surface area contributed by atoms with E-state index in [1.54, 1.807) is 7.11 Å². The highest BCUT2D eigenvalue weighted by Crippen LogP contribution is 2.60. The van der Waals surface area contributed by atoms with Crippen molar-refractivity contribution < 1.29 is 14.6 Å². The number of methoxy groups -OCH3 is 1. The molecule has 3 nitrogen and oxygen atoms in total.